The molecule has 2 rings (SSSR count). The molecule has 1 aliphatic heterocycles. The summed E-state index contributed by atoms with van der Waals surface area (Å²) in [5, 5.41) is 4.23. The van der Waals surface area contributed by atoms with E-state index in [1.807, 2.05) is 18.2 Å². The number of hydrogen-bond donors (Lipinski definition) is 1. The van der Waals surface area contributed by atoms with E-state index in [-0.39, 0.29) is 6.10 Å². The first-order valence-corrected chi connectivity index (χ1v) is 8.21. The van der Waals surface area contributed by atoms with Gasteiger partial charge in [-0.05, 0) is 24.8 Å². The van der Waals surface area contributed by atoms with Gasteiger partial charge in [0, 0.05) is 36.4 Å². The number of hydrogen-bond acceptors (Lipinski definition) is 3. The average Bonchev–Trinajstić information content (AvgIpc) is 2.49. The molecule has 1 N–H and O–H groups in total. The quantitative estimate of drug-likeness (QED) is 0.830. The number of rotatable bonds is 7. The number of nitrogens with one attached hydrogen (secondary N) is 1. The number of benzene rings is 1. The van der Waals surface area contributed by atoms with Gasteiger partial charge >= 0.3 is 0 Å². The van der Waals surface area contributed by atoms with Gasteiger partial charge in [0.2, 0.25) is 0 Å². The van der Waals surface area contributed by atoms with Crippen LogP contribution in [0.2, 0.25) is 5.02 Å². The standard InChI is InChI=1S/C17H26ClNO2/c1-13(2)19-11-17(15-5-3-4-6-16(15)18)21-12-14-7-9-20-10-8-14/h3-6,13-14,17,19H,7-12H2,1-2H3. The summed E-state index contributed by atoms with van der Waals surface area (Å²) >= 11 is 6.33. The Balaban J connectivity index is 1.96. The minimum absolute atomic E-state index is 0.00365. The molecule has 118 valence electrons. The fourth-order valence-electron chi connectivity index (χ4n) is 2.50. The molecule has 0 aromatic heterocycles. The summed E-state index contributed by atoms with van der Waals surface area (Å²) < 4.78 is 11.6. The zero-order valence-corrected chi connectivity index (χ0v) is 13.7. The van der Waals surface area contributed by atoms with Crippen LogP contribution in [0.5, 0.6) is 0 Å². The van der Waals surface area contributed by atoms with Crippen LogP contribution in [-0.4, -0.2) is 32.4 Å². The van der Waals surface area contributed by atoms with E-state index < -0.39 is 0 Å². The lowest BCUT2D eigenvalue weighted by molar-refractivity contribution is -0.0118. The Morgan fingerprint density at radius 1 is 1.29 bits per heavy atom. The van der Waals surface area contributed by atoms with Crippen molar-refractivity contribution in [1.82, 2.24) is 5.32 Å². The zero-order valence-electron chi connectivity index (χ0n) is 13.0. The lowest BCUT2D eigenvalue weighted by Crippen LogP contribution is -2.30. The molecule has 1 heterocycles. The molecule has 21 heavy (non-hydrogen) atoms. The molecule has 4 heteroatoms. The fourth-order valence-corrected chi connectivity index (χ4v) is 2.76. The van der Waals surface area contributed by atoms with Crippen molar-refractivity contribution in [2.75, 3.05) is 26.4 Å². The molecular weight excluding hydrogens is 286 g/mol. The van der Waals surface area contributed by atoms with Gasteiger partial charge in [-0.25, -0.2) is 0 Å². The van der Waals surface area contributed by atoms with Gasteiger partial charge in [-0.15, -0.1) is 0 Å². The van der Waals surface area contributed by atoms with Crippen LogP contribution in [0.4, 0.5) is 0 Å². The molecule has 1 aliphatic rings. The van der Waals surface area contributed by atoms with E-state index in [0.717, 1.165) is 49.8 Å². The van der Waals surface area contributed by atoms with E-state index in [2.05, 4.69) is 25.2 Å². The highest BCUT2D eigenvalue weighted by Gasteiger charge is 2.19. The van der Waals surface area contributed by atoms with Gasteiger partial charge in [0.25, 0.3) is 0 Å². The van der Waals surface area contributed by atoms with Crippen molar-refractivity contribution < 1.29 is 9.47 Å². The van der Waals surface area contributed by atoms with Crippen LogP contribution in [0.25, 0.3) is 0 Å². The van der Waals surface area contributed by atoms with Crippen molar-refractivity contribution in [3.63, 3.8) is 0 Å². The Morgan fingerprint density at radius 2 is 2.00 bits per heavy atom. The first-order chi connectivity index (χ1) is 10.2. The summed E-state index contributed by atoms with van der Waals surface area (Å²) in [6.07, 6.45) is 2.18. The summed E-state index contributed by atoms with van der Waals surface area (Å²) in [4.78, 5) is 0. The second-order valence-electron chi connectivity index (χ2n) is 5.96. The molecule has 1 atom stereocenters. The van der Waals surface area contributed by atoms with Gasteiger partial charge in [-0.1, -0.05) is 43.6 Å². The second kappa shape index (κ2) is 8.74. The highest BCUT2D eigenvalue weighted by Crippen LogP contribution is 2.27. The van der Waals surface area contributed by atoms with Gasteiger partial charge in [-0.2, -0.15) is 0 Å². The van der Waals surface area contributed by atoms with Crippen molar-refractivity contribution in [3.05, 3.63) is 34.9 Å². The van der Waals surface area contributed by atoms with E-state index in [0.29, 0.717) is 12.0 Å². The van der Waals surface area contributed by atoms with Crippen LogP contribution < -0.4 is 5.32 Å². The third-order valence-electron chi connectivity index (χ3n) is 3.84. The van der Waals surface area contributed by atoms with E-state index in [9.17, 15) is 0 Å². The molecular formula is C17H26ClNO2. The lowest BCUT2D eigenvalue weighted by atomic mass is 10.0. The van der Waals surface area contributed by atoms with Crippen LogP contribution in [0.3, 0.4) is 0 Å². The fraction of sp³-hybridized carbons (Fsp3) is 0.647. The smallest absolute Gasteiger partial charge is 0.0963 e. The highest BCUT2D eigenvalue weighted by atomic mass is 35.5. The summed E-state index contributed by atoms with van der Waals surface area (Å²) in [6, 6.07) is 8.39. The summed E-state index contributed by atoms with van der Waals surface area (Å²) in [7, 11) is 0. The van der Waals surface area contributed by atoms with Crippen molar-refractivity contribution >= 4 is 11.6 Å². The maximum absolute atomic E-state index is 6.33. The zero-order chi connectivity index (χ0) is 15.1. The third-order valence-corrected chi connectivity index (χ3v) is 4.18. The molecule has 1 saturated heterocycles. The molecule has 0 aliphatic carbocycles. The molecule has 1 aromatic rings. The minimum Gasteiger partial charge on any atom is -0.381 e. The Morgan fingerprint density at radius 3 is 2.67 bits per heavy atom. The highest BCUT2D eigenvalue weighted by molar-refractivity contribution is 6.31. The first-order valence-electron chi connectivity index (χ1n) is 7.84. The van der Waals surface area contributed by atoms with Crippen molar-refractivity contribution in [1.29, 1.82) is 0 Å². The average molecular weight is 312 g/mol. The van der Waals surface area contributed by atoms with E-state index >= 15 is 0 Å². The van der Waals surface area contributed by atoms with Crippen LogP contribution >= 0.6 is 11.6 Å². The molecule has 1 unspecified atom stereocenters. The summed E-state index contributed by atoms with van der Waals surface area (Å²) in [5.74, 6) is 0.600. The molecule has 0 bridgehead atoms. The van der Waals surface area contributed by atoms with Gasteiger partial charge in [0.15, 0.2) is 0 Å². The number of ether oxygens (including phenoxy) is 2. The molecule has 0 radical (unpaired) electrons. The molecule has 0 amide bonds. The van der Waals surface area contributed by atoms with Crippen LogP contribution in [-0.2, 0) is 9.47 Å². The Kier molecular flexibility index (Phi) is 6.97. The summed E-state index contributed by atoms with van der Waals surface area (Å²) in [6.45, 7) is 7.55. The first kappa shape index (κ1) is 16.8. The molecule has 1 aromatic carbocycles. The Labute approximate surface area is 133 Å². The number of halogens is 1. The largest absolute Gasteiger partial charge is 0.381 e. The van der Waals surface area contributed by atoms with Crippen LogP contribution in [0.1, 0.15) is 38.4 Å². The maximum atomic E-state index is 6.33. The van der Waals surface area contributed by atoms with E-state index in [4.69, 9.17) is 21.1 Å². The van der Waals surface area contributed by atoms with Gasteiger partial charge < -0.3 is 14.8 Å². The Hall–Kier alpha value is -0.610. The van der Waals surface area contributed by atoms with E-state index in [1.54, 1.807) is 0 Å². The molecule has 3 nitrogen and oxygen atoms in total. The summed E-state index contributed by atoms with van der Waals surface area (Å²) in [5.41, 5.74) is 1.07. The van der Waals surface area contributed by atoms with Crippen molar-refractivity contribution in [2.24, 2.45) is 5.92 Å². The predicted molar refractivity (Wildman–Crippen MR) is 86.8 cm³/mol. The van der Waals surface area contributed by atoms with Gasteiger partial charge in [0.05, 0.1) is 12.7 Å². The van der Waals surface area contributed by atoms with Crippen molar-refractivity contribution in [3.8, 4) is 0 Å². The maximum Gasteiger partial charge on any atom is 0.0963 e. The third kappa shape index (κ3) is 5.59. The monoisotopic (exact) mass is 311 g/mol. The minimum atomic E-state index is 0.00365. The van der Waals surface area contributed by atoms with Gasteiger partial charge in [-0.3, -0.25) is 0 Å². The predicted octanol–water partition coefficient (Wildman–Crippen LogP) is 3.82. The SMILES string of the molecule is CC(C)NCC(OCC1CCOCC1)c1ccccc1Cl. The second-order valence-corrected chi connectivity index (χ2v) is 6.37. The van der Waals surface area contributed by atoms with Crippen LogP contribution in [0, 0.1) is 5.92 Å². The molecule has 0 saturated carbocycles. The molecule has 0 spiro atoms. The van der Waals surface area contributed by atoms with Crippen LogP contribution in [0.15, 0.2) is 24.3 Å². The van der Waals surface area contributed by atoms with Gasteiger partial charge in [0.1, 0.15) is 0 Å². The Bertz CT molecular complexity index is 419. The lowest BCUT2D eigenvalue weighted by Gasteiger charge is -2.26. The van der Waals surface area contributed by atoms with Crippen molar-refractivity contribution in [2.45, 2.75) is 38.8 Å². The normalized spacial score (nSPS) is 18.1. The topological polar surface area (TPSA) is 30.5 Å². The van der Waals surface area contributed by atoms with E-state index in [1.165, 1.54) is 0 Å². The molecule has 1 fully saturated rings.